The Bertz CT molecular complexity index is 1270. The Morgan fingerprint density at radius 2 is 2.09 bits per heavy atom. The summed E-state index contributed by atoms with van der Waals surface area (Å²) in [6.45, 7) is 4.68. The van der Waals surface area contributed by atoms with Gasteiger partial charge in [-0.2, -0.15) is 10.2 Å². The number of fused-ring (bicyclic) bond motifs is 1. The lowest BCUT2D eigenvalue weighted by atomic mass is 10.1. The summed E-state index contributed by atoms with van der Waals surface area (Å²) in [5.41, 5.74) is 1.66. The maximum absolute atomic E-state index is 13.2. The van der Waals surface area contributed by atoms with Crippen LogP contribution < -0.4 is 15.6 Å². The maximum Gasteiger partial charge on any atom is 0.269 e. The van der Waals surface area contributed by atoms with Gasteiger partial charge < -0.3 is 14.8 Å². The zero-order valence-corrected chi connectivity index (χ0v) is 18.2. The lowest BCUT2D eigenvalue weighted by Gasteiger charge is -2.12. The summed E-state index contributed by atoms with van der Waals surface area (Å²) in [6.07, 6.45) is 3.39. The Kier molecular flexibility index (Phi) is 7.37. The number of nitrogens with one attached hydrogen (secondary N) is 1. The molecule has 8 heteroatoms. The Morgan fingerprint density at radius 3 is 2.81 bits per heavy atom. The molecule has 0 unspecified atom stereocenters. The molecule has 164 valence electrons. The van der Waals surface area contributed by atoms with Gasteiger partial charge in [-0.1, -0.05) is 23.8 Å². The van der Waals surface area contributed by atoms with Crippen LogP contribution in [0.4, 0.5) is 0 Å². The number of nitriles is 1. The number of pyridine rings is 1. The highest BCUT2D eigenvalue weighted by Gasteiger charge is 2.17. The van der Waals surface area contributed by atoms with E-state index in [2.05, 4.69) is 10.3 Å². The van der Waals surface area contributed by atoms with Crippen LogP contribution in [-0.4, -0.2) is 35.6 Å². The fraction of sp³-hybridized carbons (Fsp3) is 0.250. The van der Waals surface area contributed by atoms with Crippen molar-refractivity contribution in [1.82, 2.24) is 14.7 Å². The van der Waals surface area contributed by atoms with E-state index in [9.17, 15) is 14.9 Å². The molecule has 1 aromatic carbocycles. The van der Waals surface area contributed by atoms with E-state index < -0.39 is 11.5 Å². The van der Waals surface area contributed by atoms with E-state index >= 15 is 0 Å². The first-order valence-corrected chi connectivity index (χ1v) is 10.1. The molecule has 3 aromatic rings. The molecule has 0 saturated carbocycles. The van der Waals surface area contributed by atoms with E-state index in [1.165, 1.54) is 10.5 Å². The second-order valence-electron chi connectivity index (χ2n) is 7.21. The molecule has 0 spiro atoms. The van der Waals surface area contributed by atoms with Gasteiger partial charge in [-0.15, -0.1) is 0 Å². The number of hydrogen-bond donors (Lipinski definition) is 1. The fourth-order valence-corrected chi connectivity index (χ4v) is 3.11. The Balaban J connectivity index is 2.07. The average Bonchev–Trinajstić information content (AvgIpc) is 2.78. The summed E-state index contributed by atoms with van der Waals surface area (Å²) in [5.74, 6) is -0.0355. The SMILES string of the molecule is COCCCNC(=O)/C(C#N)=C/c1c(Oc2ccc(C)cc2C)nc2ccccn2c1=O. The van der Waals surface area contributed by atoms with Crippen LogP contribution in [-0.2, 0) is 9.53 Å². The van der Waals surface area contributed by atoms with E-state index in [0.29, 0.717) is 31.0 Å². The van der Waals surface area contributed by atoms with Crippen LogP contribution in [0.5, 0.6) is 11.6 Å². The summed E-state index contributed by atoms with van der Waals surface area (Å²) in [5, 5.41) is 12.2. The predicted molar refractivity (Wildman–Crippen MR) is 121 cm³/mol. The zero-order chi connectivity index (χ0) is 23.1. The summed E-state index contributed by atoms with van der Waals surface area (Å²) in [7, 11) is 1.57. The summed E-state index contributed by atoms with van der Waals surface area (Å²) >= 11 is 0. The normalized spacial score (nSPS) is 11.2. The van der Waals surface area contributed by atoms with Gasteiger partial charge in [-0.25, -0.2) is 0 Å². The first kappa shape index (κ1) is 22.7. The third-order valence-electron chi connectivity index (χ3n) is 4.74. The maximum atomic E-state index is 13.2. The average molecular weight is 432 g/mol. The van der Waals surface area contributed by atoms with Gasteiger partial charge in [-0.3, -0.25) is 14.0 Å². The van der Waals surface area contributed by atoms with Gasteiger partial charge in [0.25, 0.3) is 11.5 Å². The molecule has 32 heavy (non-hydrogen) atoms. The standard InChI is InChI=1S/C24H24N4O4/c1-16-8-9-20(17(2)13-16)32-23-19(24(30)28-11-5-4-7-21(28)27-23)14-18(15-25)22(29)26-10-6-12-31-3/h4-5,7-9,11,13-14H,6,10,12H2,1-3H3,(H,26,29)/b18-14+. The first-order chi connectivity index (χ1) is 15.4. The molecule has 2 aromatic heterocycles. The summed E-state index contributed by atoms with van der Waals surface area (Å²) in [6, 6.07) is 12.6. The van der Waals surface area contributed by atoms with E-state index in [0.717, 1.165) is 11.1 Å². The van der Waals surface area contributed by atoms with E-state index in [1.54, 1.807) is 37.6 Å². The molecule has 1 amide bonds. The number of amides is 1. The second-order valence-corrected chi connectivity index (χ2v) is 7.21. The lowest BCUT2D eigenvalue weighted by molar-refractivity contribution is -0.117. The molecule has 0 bridgehead atoms. The number of carbonyl (C=O) groups is 1. The van der Waals surface area contributed by atoms with Crippen LogP contribution in [0.1, 0.15) is 23.1 Å². The number of aromatic nitrogens is 2. The highest BCUT2D eigenvalue weighted by atomic mass is 16.5. The van der Waals surface area contributed by atoms with Crippen molar-refractivity contribution < 1.29 is 14.3 Å². The second kappa shape index (κ2) is 10.4. The number of nitrogens with zero attached hydrogens (tertiary/aromatic N) is 3. The van der Waals surface area contributed by atoms with Crippen molar-refractivity contribution in [3.63, 3.8) is 0 Å². The first-order valence-electron chi connectivity index (χ1n) is 10.1. The van der Waals surface area contributed by atoms with Gasteiger partial charge >= 0.3 is 0 Å². The van der Waals surface area contributed by atoms with Crippen LogP contribution in [0.2, 0.25) is 0 Å². The molecule has 8 nitrogen and oxygen atoms in total. The Labute approximate surface area is 185 Å². The van der Waals surface area contributed by atoms with Crippen molar-refractivity contribution >= 4 is 17.6 Å². The van der Waals surface area contributed by atoms with Gasteiger partial charge in [0, 0.05) is 26.5 Å². The Morgan fingerprint density at radius 1 is 1.28 bits per heavy atom. The molecular formula is C24H24N4O4. The smallest absolute Gasteiger partial charge is 0.269 e. The molecule has 0 radical (unpaired) electrons. The molecular weight excluding hydrogens is 408 g/mol. The van der Waals surface area contributed by atoms with Crippen LogP contribution in [0.25, 0.3) is 11.7 Å². The molecule has 0 atom stereocenters. The molecule has 2 heterocycles. The predicted octanol–water partition coefficient (Wildman–Crippen LogP) is 3.16. The van der Waals surface area contributed by atoms with Crippen molar-refractivity contribution in [1.29, 1.82) is 5.26 Å². The van der Waals surface area contributed by atoms with Gasteiger partial charge in [0.05, 0.1) is 0 Å². The fourth-order valence-electron chi connectivity index (χ4n) is 3.11. The molecule has 0 saturated heterocycles. The van der Waals surface area contributed by atoms with E-state index in [4.69, 9.17) is 9.47 Å². The zero-order valence-electron chi connectivity index (χ0n) is 18.2. The lowest BCUT2D eigenvalue weighted by Crippen LogP contribution is -2.27. The number of aryl methyl sites for hydroxylation is 2. The minimum absolute atomic E-state index is 0.0114. The van der Waals surface area contributed by atoms with Crippen molar-refractivity contribution in [2.45, 2.75) is 20.3 Å². The van der Waals surface area contributed by atoms with Crippen LogP contribution in [0.15, 0.2) is 53.0 Å². The number of ether oxygens (including phenoxy) is 2. The third kappa shape index (κ3) is 5.20. The van der Waals surface area contributed by atoms with Gasteiger partial charge in [0.15, 0.2) is 0 Å². The highest BCUT2D eigenvalue weighted by molar-refractivity contribution is 6.01. The minimum Gasteiger partial charge on any atom is -0.438 e. The quantitative estimate of drug-likeness (QED) is 0.333. The van der Waals surface area contributed by atoms with Crippen molar-refractivity contribution in [3.05, 3.63) is 75.2 Å². The third-order valence-corrected chi connectivity index (χ3v) is 4.74. The largest absolute Gasteiger partial charge is 0.438 e. The van der Waals surface area contributed by atoms with Gasteiger partial charge in [0.1, 0.15) is 28.6 Å². The van der Waals surface area contributed by atoms with Gasteiger partial charge in [0.2, 0.25) is 5.88 Å². The number of methoxy groups -OCH3 is 1. The summed E-state index contributed by atoms with van der Waals surface area (Å²) < 4.78 is 12.3. The van der Waals surface area contributed by atoms with Crippen molar-refractivity contribution in [3.8, 4) is 17.7 Å². The monoisotopic (exact) mass is 432 g/mol. The minimum atomic E-state index is -0.585. The van der Waals surface area contributed by atoms with Crippen molar-refractivity contribution in [2.75, 3.05) is 20.3 Å². The van der Waals surface area contributed by atoms with Gasteiger partial charge in [-0.05, 0) is 50.1 Å². The number of benzene rings is 1. The van der Waals surface area contributed by atoms with E-state index in [-0.39, 0.29) is 17.0 Å². The Hall–Kier alpha value is -3.96. The molecule has 1 N–H and O–H groups in total. The van der Waals surface area contributed by atoms with Crippen LogP contribution >= 0.6 is 0 Å². The molecule has 0 aliphatic carbocycles. The number of hydrogen-bond acceptors (Lipinski definition) is 6. The molecule has 0 aliphatic rings. The van der Waals surface area contributed by atoms with Crippen molar-refractivity contribution in [2.24, 2.45) is 0 Å². The molecule has 0 fully saturated rings. The number of rotatable bonds is 8. The molecule has 0 aliphatic heterocycles. The summed E-state index contributed by atoms with van der Waals surface area (Å²) in [4.78, 5) is 30.1. The van der Waals surface area contributed by atoms with Crippen LogP contribution in [0, 0.1) is 25.2 Å². The highest BCUT2D eigenvalue weighted by Crippen LogP contribution is 2.27. The molecule has 3 rings (SSSR count). The number of carbonyl (C=O) groups excluding carboxylic acids is 1. The van der Waals surface area contributed by atoms with E-state index in [1.807, 2.05) is 32.0 Å². The topological polar surface area (TPSA) is 106 Å². The van der Waals surface area contributed by atoms with Crippen LogP contribution in [0.3, 0.4) is 0 Å².